The van der Waals surface area contributed by atoms with Gasteiger partial charge in [-0.15, -0.1) is 0 Å². The first kappa shape index (κ1) is 24.4. The van der Waals surface area contributed by atoms with Gasteiger partial charge in [-0.1, -0.05) is 67.7 Å². The third-order valence-corrected chi connectivity index (χ3v) is 3.24. The van der Waals surface area contributed by atoms with Crippen LogP contribution in [0.1, 0.15) is 45.4 Å². The second-order valence-corrected chi connectivity index (χ2v) is 5.63. The molecular weight excluding hydrogens is 341 g/mol. The van der Waals surface area contributed by atoms with Gasteiger partial charge in [0.25, 0.3) is 0 Å². The van der Waals surface area contributed by atoms with Crippen LogP contribution in [0.5, 0.6) is 0 Å². The molecule has 0 saturated carbocycles. The molecular formula is C21H31F3O2. The van der Waals surface area contributed by atoms with Crippen molar-refractivity contribution >= 4 is 0 Å². The summed E-state index contributed by atoms with van der Waals surface area (Å²) in [4.78, 5) is 0. The highest BCUT2D eigenvalue weighted by molar-refractivity contribution is 5.00. The van der Waals surface area contributed by atoms with E-state index in [1.54, 1.807) is 0 Å². The fraction of sp³-hybridized carbons (Fsp3) is 0.524. The Morgan fingerprint density at radius 3 is 1.62 bits per heavy atom. The van der Waals surface area contributed by atoms with Gasteiger partial charge in [-0.3, -0.25) is 0 Å². The maximum absolute atomic E-state index is 12.0. The molecule has 0 fully saturated rings. The zero-order valence-corrected chi connectivity index (χ0v) is 15.5. The van der Waals surface area contributed by atoms with Gasteiger partial charge in [0.15, 0.2) is 6.10 Å². The molecule has 0 amide bonds. The van der Waals surface area contributed by atoms with Gasteiger partial charge < -0.3 is 9.84 Å². The van der Waals surface area contributed by atoms with E-state index in [4.69, 9.17) is 9.84 Å². The minimum atomic E-state index is -4.61. The van der Waals surface area contributed by atoms with E-state index >= 15 is 0 Å². The van der Waals surface area contributed by atoms with Crippen LogP contribution in [-0.4, -0.2) is 30.6 Å². The van der Waals surface area contributed by atoms with Crippen molar-refractivity contribution in [3.63, 3.8) is 0 Å². The molecule has 1 atom stereocenters. The second kappa shape index (κ2) is 16.9. The van der Waals surface area contributed by atoms with Crippen LogP contribution in [-0.2, 0) is 4.74 Å². The highest BCUT2D eigenvalue weighted by atomic mass is 19.4. The maximum Gasteiger partial charge on any atom is 0.416 e. The smallest absolute Gasteiger partial charge is 0.382 e. The van der Waals surface area contributed by atoms with Gasteiger partial charge in [0.1, 0.15) is 0 Å². The molecule has 0 bridgehead atoms. The molecule has 0 saturated heterocycles. The van der Waals surface area contributed by atoms with Crippen LogP contribution in [0.15, 0.2) is 60.8 Å². The summed E-state index contributed by atoms with van der Waals surface area (Å²) in [5, 5.41) is 8.73. The van der Waals surface area contributed by atoms with Gasteiger partial charge in [-0.2, -0.15) is 13.2 Å². The Balaban J connectivity index is 3.53. The summed E-state index contributed by atoms with van der Waals surface area (Å²) < 4.78 is 40.8. The molecule has 1 unspecified atom stereocenters. The minimum absolute atomic E-state index is 0.165. The molecule has 0 aliphatic heterocycles. The van der Waals surface area contributed by atoms with Crippen molar-refractivity contribution in [2.75, 3.05) is 13.2 Å². The second-order valence-electron chi connectivity index (χ2n) is 5.63. The van der Waals surface area contributed by atoms with Gasteiger partial charge in [0, 0.05) is 0 Å². The molecule has 0 radical (unpaired) electrons. The zero-order chi connectivity index (χ0) is 19.5. The van der Waals surface area contributed by atoms with Crippen molar-refractivity contribution in [1.82, 2.24) is 0 Å². The number of halogens is 3. The summed E-state index contributed by atoms with van der Waals surface area (Å²) >= 11 is 0. The van der Waals surface area contributed by atoms with Crippen LogP contribution in [0.25, 0.3) is 0 Å². The van der Waals surface area contributed by atoms with Crippen molar-refractivity contribution in [1.29, 1.82) is 0 Å². The molecule has 26 heavy (non-hydrogen) atoms. The van der Waals surface area contributed by atoms with Crippen LogP contribution >= 0.6 is 0 Å². The zero-order valence-electron chi connectivity index (χ0n) is 15.5. The summed E-state index contributed by atoms with van der Waals surface area (Å²) in [6.45, 7) is 1.57. The van der Waals surface area contributed by atoms with E-state index < -0.39 is 18.9 Å². The number of hydrogen-bond acceptors (Lipinski definition) is 2. The summed E-state index contributed by atoms with van der Waals surface area (Å²) in [6, 6.07) is 0. The van der Waals surface area contributed by atoms with Crippen molar-refractivity contribution < 1.29 is 23.0 Å². The van der Waals surface area contributed by atoms with Crippen molar-refractivity contribution in [3.8, 4) is 0 Å². The molecule has 0 aliphatic rings. The number of allylic oxidation sites excluding steroid dienone is 9. The van der Waals surface area contributed by atoms with E-state index in [-0.39, 0.29) is 6.61 Å². The summed E-state index contributed by atoms with van der Waals surface area (Å²) in [5.74, 6) is 0. The largest absolute Gasteiger partial charge is 0.416 e. The number of alkyl halides is 3. The van der Waals surface area contributed by atoms with Crippen molar-refractivity contribution in [2.45, 2.75) is 57.7 Å². The number of aliphatic hydroxyl groups is 1. The molecule has 5 heteroatoms. The first-order valence-corrected chi connectivity index (χ1v) is 9.06. The predicted molar refractivity (Wildman–Crippen MR) is 102 cm³/mol. The molecule has 148 valence electrons. The van der Waals surface area contributed by atoms with E-state index in [9.17, 15) is 13.2 Å². The molecule has 2 nitrogen and oxygen atoms in total. The Morgan fingerprint density at radius 1 is 0.769 bits per heavy atom. The Morgan fingerprint density at radius 2 is 1.19 bits per heavy atom. The SMILES string of the molecule is CC/C=C\C/C=C\C/C=C\C/C=C\C/C=C\CCOCC(O)C(F)(F)F. The minimum Gasteiger partial charge on any atom is -0.382 e. The van der Waals surface area contributed by atoms with E-state index in [1.807, 2.05) is 18.2 Å². The monoisotopic (exact) mass is 372 g/mol. The molecule has 0 aromatic heterocycles. The van der Waals surface area contributed by atoms with Gasteiger partial charge in [0.05, 0.1) is 13.2 Å². The topological polar surface area (TPSA) is 29.5 Å². The first-order valence-electron chi connectivity index (χ1n) is 9.06. The average Bonchev–Trinajstić information content (AvgIpc) is 2.59. The van der Waals surface area contributed by atoms with E-state index in [0.29, 0.717) is 6.42 Å². The van der Waals surface area contributed by atoms with Crippen LogP contribution in [0, 0.1) is 0 Å². The molecule has 0 aromatic rings. The first-order chi connectivity index (χ1) is 12.5. The lowest BCUT2D eigenvalue weighted by Gasteiger charge is -2.13. The number of rotatable bonds is 14. The van der Waals surface area contributed by atoms with Gasteiger partial charge in [-0.25, -0.2) is 0 Å². The predicted octanol–water partition coefficient (Wildman–Crippen LogP) is 6.07. The lowest BCUT2D eigenvalue weighted by Crippen LogP contribution is -2.33. The van der Waals surface area contributed by atoms with E-state index in [0.717, 1.165) is 32.1 Å². The normalized spacial score (nSPS) is 14.8. The lowest BCUT2D eigenvalue weighted by molar-refractivity contribution is -0.217. The van der Waals surface area contributed by atoms with Crippen LogP contribution in [0.3, 0.4) is 0 Å². The summed E-state index contributed by atoms with van der Waals surface area (Å²) in [5.41, 5.74) is 0. The van der Waals surface area contributed by atoms with Crippen LogP contribution in [0.4, 0.5) is 13.2 Å². The third-order valence-electron chi connectivity index (χ3n) is 3.24. The number of hydrogen-bond donors (Lipinski definition) is 1. The Kier molecular flexibility index (Phi) is 15.8. The van der Waals surface area contributed by atoms with E-state index in [1.165, 1.54) is 0 Å². The average molecular weight is 372 g/mol. The van der Waals surface area contributed by atoms with Crippen LogP contribution < -0.4 is 0 Å². The molecule has 0 rings (SSSR count). The molecule has 1 N–H and O–H groups in total. The van der Waals surface area contributed by atoms with Crippen molar-refractivity contribution in [2.24, 2.45) is 0 Å². The summed E-state index contributed by atoms with van der Waals surface area (Å²) in [7, 11) is 0. The fourth-order valence-electron chi connectivity index (χ4n) is 1.81. The molecule has 0 aliphatic carbocycles. The van der Waals surface area contributed by atoms with Gasteiger partial charge in [-0.05, 0) is 38.5 Å². The molecule has 0 aromatic carbocycles. The van der Waals surface area contributed by atoms with Crippen LogP contribution in [0.2, 0.25) is 0 Å². The van der Waals surface area contributed by atoms with Crippen molar-refractivity contribution in [3.05, 3.63) is 60.8 Å². The van der Waals surface area contributed by atoms with E-state index in [2.05, 4.69) is 49.5 Å². The highest BCUT2D eigenvalue weighted by Crippen LogP contribution is 2.19. The molecule has 0 heterocycles. The lowest BCUT2D eigenvalue weighted by atomic mass is 10.2. The quantitative estimate of drug-likeness (QED) is 0.296. The molecule has 0 spiro atoms. The number of ether oxygens (including phenoxy) is 1. The van der Waals surface area contributed by atoms with Gasteiger partial charge in [0.2, 0.25) is 0 Å². The summed E-state index contributed by atoms with van der Waals surface area (Å²) in [6.07, 6.45) is 19.0. The fourth-order valence-corrected chi connectivity index (χ4v) is 1.81. The highest BCUT2D eigenvalue weighted by Gasteiger charge is 2.38. The Labute approximate surface area is 155 Å². The third kappa shape index (κ3) is 17.2. The van der Waals surface area contributed by atoms with Gasteiger partial charge >= 0.3 is 6.18 Å². The maximum atomic E-state index is 12.0. The number of aliphatic hydroxyl groups excluding tert-OH is 1. The Bertz CT molecular complexity index is 460. The Hall–Kier alpha value is -1.59. The standard InChI is InChI=1S/C21H31F3O2/c1-2-3-4-5-6-7-8-9-10-11-12-13-14-15-16-17-18-26-19-20(25)21(22,23)24/h3-4,6-7,9-10,12-13,15-16,20,25H,2,5,8,11,14,17-19H2,1H3/b4-3-,7-6-,10-9-,13-12-,16-15-.